The fourth-order valence-corrected chi connectivity index (χ4v) is 4.47. The molecule has 172 valence electrons. The van der Waals surface area contributed by atoms with Crippen LogP contribution in [-0.2, 0) is 14.8 Å². The van der Waals surface area contributed by atoms with Gasteiger partial charge in [0, 0.05) is 11.8 Å². The van der Waals surface area contributed by atoms with Gasteiger partial charge in [-0.3, -0.25) is 9.10 Å². The summed E-state index contributed by atoms with van der Waals surface area (Å²) in [6.07, 6.45) is 1.62. The third-order valence-corrected chi connectivity index (χ3v) is 6.53. The van der Waals surface area contributed by atoms with Crippen molar-refractivity contribution in [2.24, 2.45) is 0 Å². The number of carbonyl (C=O) groups is 1. The number of rotatable bonds is 10. The third-order valence-electron chi connectivity index (χ3n) is 4.74. The van der Waals surface area contributed by atoms with Gasteiger partial charge in [0.05, 0.1) is 17.7 Å². The van der Waals surface area contributed by atoms with Gasteiger partial charge in [-0.25, -0.2) is 8.42 Å². The molecule has 0 atom stereocenters. The number of aryl methyl sites for hydroxylation is 1. The van der Waals surface area contributed by atoms with Crippen molar-refractivity contribution in [1.82, 2.24) is 0 Å². The van der Waals surface area contributed by atoms with Gasteiger partial charge in [0.1, 0.15) is 24.7 Å². The second-order valence-electron chi connectivity index (χ2n) is 7.20. The molecule has 0 fully saturated rings. The first-order valence-electron chi connectivity index (χ1n) is 10.2. The van der Waals surface area contributed by atoms with Gasteiger partial charge in [0.15, 0.2) is 0 Å². The number of methoxy groups -OCH3 is 1. The molecule has 0 saturated heterocycles. The van der Waals surface area contributed by atoms with E-state index in [1.807, 2.05) is 6.92 Å². The standard InChI is InChI=1S/C25H26N2O5S/c1-4-16-32-23-7-5-6-20(17-23)26-25(28)18-27(21-10-12-22(31-3)13-11-21)33(29,30)24-14-8-19(2)9-15-24/h4-15,17H,1,16,18H2,2-3H3,(H,26,28). The molecule has 0 unspecified atom stereocenters. The minimum absolute atomic E-state index is 0.0940. The van der Waals surface area contributed by atoms with Crippen LogP contribution in [0.2, 0.25) is 0 Å². The molecule has 0 aromatic heterocycles. The second-order valence-corrected chi connectivity index (χ2v) is 9.06. The van der Waals surface area contributed by atoms with Crippen LogP contribution >= 0.6 is 0 Å². The van der Waals surface area contributed by atoms with Gasteiger partial charge in [0.2, 0.25) is 5.91 Å². The fraction of sp³-hybridized carbons (Fsp3) is 0.160. The Morgan fingerprint density at radius 3 is 2.36 bits per heavy atom. The average molecular weight is 467 g/mol. The monoisotopic (exact) mass is 466 g/mol. The van der Waals surface area contributed by atoms with E-state index in [1.54, 1.807) is 66.7 Å². The van der Waals surface area contributed by atoms with Gasteiger partial charge in [-0.05, 0) is 55.5 Å². The maximum absolute atomic E-state index is 13.4. The molecule has 0 spiro atoms. The second kappa shape index (κ2) is 10.7. The highest BCUT2D eigenvalue weighted by Crippen LogP contribution is 2.26. The molecule has 0 aliphatic heterocycles. The summed E-state index contributed by atoms with van der Waals surface area (Å²) in [6, 6.07) is 19.8. The molecule has 33 heavy (non-hydrogen) atoms. The van der Waals surface area contributed by atoms with Gasteiger partial charge < -0.3 is 14.8 Å². The van der Waals surface area contributed by atoms with Crippen molar-refractivity contribution in [1.29, 1.82) is 0 Å². The molecule has 0 bridgehead atoms. The number of amides is 1. The van der Waals surface area contributed by atoms with Crippen molar-refractivity contribution in [2.75, 3.05) is 29.9 Å². The van der Waals surface area contributed by atoms with Crippen LogP contribution in [0.25, 0.3) is 0 Å². The number of nitrogens with zero attached hydrogens (tertiary/aromatic N) is 1. The van der Waals surface area contributed by atoms with Crippen LogP contribution in [0, 0.1) is 6.92 Å². The summed E-state index contributed by atoms with van der Waals surface area (Å²) in [4.78, 5) is 13.0. The first kappa shape index (κ1) is 23.9. The number of anilines is 2. The Labute approximate surface area is 194 Å². The topological polar surface area (TPSA) is 84.9 Å². The Morgan fingerprint density at radius 1 is 1.03 bits per heavy atom. The quantitative estimate of drug-likeness (QED) is 0.448. The molecular weight excluding hydrogens is 440 g/mol. The Morgan fingerprint density at radius 2 is 1.73 bits per heavy atom. The minimum atomic E-state index is -4.00. The van der Waals surface area contributed by atoms with E-state index in [4.69, 9.17) is 9.47 Å². The van der Waals surface area contributed by atoms with Crippen molar-refractivity contribution >= 4 is 27.3 Å². The number of benzene rings is 3. The lowest BCUT2D eigenvalue weighted by Crippen LogP contribution is -2.38. The molecule has 1 amide bonds. The zero-order valence-corrected chi connectivity index (χ0v) is 19.3. The molecule has 0 aliphatic carbocycles. The maximum Gasteiger partial charge on any atom is 0.264 e. The van der Waals surface area contributed by atoms with E-state index in [1.165, 1.54) is 19.2 Å². The molecule has 7 nitrogen and oxygen atoms in total. The van der Waals surface area contributed by atoms with Crippen molar-refractivity contribution in [3.05, 3.63) is 91.0 Å². The SMILES string of the molecule is C=CCOc1cccc(NC(=O)CN(c2ccc(OC)cc2)S(=O)(=O)c2ccc(C)cc2)c1. The molecule has 0 radical (unpaired) electrons. The molecular formula is C25H26N2O5S. The van der Waals surface area contributed by atoms with Crippen LogP contribution in [0.3, 0.4) is 0 Å². The van der Waals surface area contributed by atoms with E-state index < -0.39 is 22.5 Å². The summed E-state index contributed by atoms with van der Waals surface area (Å²) in [6.45, 7) is 5.39. The molecule has 3 aromatic carbocycles. The largest absolute Gasteiger partial charge is 0.497 e. The summed E-state index contributed by atoms with van der Waals surface area (Å²) in [5.41, 5.74) is 1.76. The first-order chi connectivity index (χ1) is 15.8. The van der Waals surface area contributed by atoms with E-state index in [0.29, 0.717) is 29.5 Å². The number of hydrogen-bond donors (Lipinski definition) is 1. The zero-order valence-electron chi connectivity index (χ0n) is 18.5. The third kappa shape index (κ3) is 6.14. The van der Waals surface area contributed by atoms with E-state index in [-0.39, 0.29) is 4.90 Å². The maximum atomic E-state index is 13.4. The molecule has 3 aromatic rings. The average Bonchev–Trinajstić information content (AvgIpc) is 2.82. The summed E-state index contributed by atoms with van der Waals surface area (Å²) >= 11 is 0. The van der Waals surface area contributed by atoms with Crippen LogP contribution in [0.15, 0.2) is 90.3 Å². The predicted octanol–water partition coefficient (Wildman–Crippen LogP) is 4.40. The Kier molecular flexibility index (Phi) is 7.74. The lowest BCUT2D eigenvalue weighted by molar-refractivity contribution is -0.114. The fourth-order valence-electron chi connectivity index (χ4n) is 3.05. The van der Waals surface area contributed by atoms with Crippen molar-refractivity contribution in [3.8, 4) is 11.5 Å². The van der Waals surface area contributed by atoms with Crippen molar-refractivity contribution < 1.29 is 22.7 Å². The van der Waals surface area contributed by atoms with Crippen LogP contribution in [-0.4, -0.2) is 34.6 Å². The molecule has 1 N–H and O–H groups in total. The Balaban J connectivity index is 1.88. The highest BCUT2D eigenvalue weighted by atomic mass is 32.2. The van der Waals surface area contributed by atoms with Crippen LogP contribution in [0.5, 0.6) is 11.5 Å². The van der Waals surface area contributed by atoms with E-state index >= 15 is 0 Å². The number of nitrogens with one attached hydrogen (secondary N) is 1. The normalized spacial score (nSPS) is 10.8. The van der Waals surface area contributed by atoms with Gasteiger partial charge in [-0.2, -0.15) is 0 Å². The molecule has 8 heteroatoms. The predicted molar refractivity (Wildman–Crippen MR) is 129 cm³/mol. The lowest BCUT2D eigenvalue weighted by Gasteiger charge is -2.24. The van der Waals surface area contributed by atoms with E-state index in [2.05, 4.69) is 11.9 Å². The summed E-state index contributed by atoms with van der Waals surface area (Å²) in [7, 11) is -2.48. The minimum Gasteiger partial charge on any atom is -0.497 e. The summed E-state index contributed by atoms with van der Waals surface area (Å²) in [5.74, 6) is 0.640. The van der Waals surface area contributed by atoms with Gasteiger partial charge in [0.25, 0.3) is 10.0 Å². The summed E-state index contributed by atoms with van der Waals surface area (Å²) < 4.78 is 38.6. The number of sulfonamides is 1. The summed E-state index contributed by atoms with van der Waals surface area (Å²) in [5, 5.41) is 2.74. The highest BCUT2D eigenvalue weighted by Gasteiger charge is 2.27. The van der Waals surface area contributed by atoms with E-state index in [0.717, 1.165) is 9.87 Å². The van der Waals surface area contributed by atoms with Gasteiger partial charge >= 0.3 is 0 Å². The Bertz CT molecular complexity index is 1210. The zero-order chi connectivity index (χ0) is 23.8. The number of carbonyl (C=O) groups excluding carboxylic acids is 1. The lowest BCUT2D eigenvalue weighted by atomic mass is 10.2. The van der Waals surface area contributed by atoms with Crippen molar-refractivity contribution in [2.45, 2.75) is 11.8 Å². The van der Waals surface area contributed by atoms with Crippen LogP contribution in [0.4, 0.5) is 11.4 Å². The molecule has 0 heterocycles. The van der Waals surface area contributed by atoms with Crippen LogP contribution < -0.4 is 19.1 Å². The van der Waals surface area contributed by atoms with E-state index in [9.17, 15) is 13.2 Å². The molecule has 3 rings (SSSR count). The number of ether oxygens (including phenoxy) is 2. The molecule has 0 saturated carbocycles. The first-order valence-corrected chi connectivity index (χ1v) is 11.6. The van der Waals surface area contributed by atoms with Crippen LogP contribution in [0.1, 0.15) is 5.56 Å². The Hall–Kier alpha value is -3.78. The number of hydrogen-bond acceptors (Lipinski definition) is 5. The smallest absolute Gasteiger partial charge is 0.264 e. The molecule has 0 aliphatic rings. The van der Waals surface area contributed by atoms with Crippen molar-refractivity contribution in [3.63, 3.8) is 0 Å². The highest BCUT2D eigenvalue weighted by molar-refractivity contribution is 7.92. The van der Waals surface area contributed by atoms with Gasteiger partial charge in [-0.15, -0.1) is 0 Å². The van der Waals surface area contributed by atoms with Gasteiger partial charge in [-0.1, -0.05) is 36.4 Å².